The number of hydrogen-bond acceptors (Lipinski definition) is 2. The Balaban J connectivity index is 2.88. The highest BCUT2D eigenvalue weighted by Crippen LogP contribution is 2.12. The molecule has 1 aromatic rings. The molecule has 0 aliphatic rings. The van der Waals surface area contributed by atoms with E-state index in [-0.39, 0.29) is 11.9 Å². The summed E-state index contributed by atoms with van der Waals surface area (Å²) in [4.78, 5) is 14.3. The lowest BCUT2D eigenvalue weighted by Crippen LogP contribution is -2.38. The predicted octanol–water partition coefficient (Wildman–Crippen LogP) is 2.36. The van der Waals surface area contributed by atoms with Gasteiger partial charge >= 0.3 is 0 Å². The Hall–Kier alpha value is -0.840. The molecule has 0 atom stereocenters. The summed E-state index contributed by atoms with van der Waals surface area (Å²) in [6.07, 6.45) is 2.62. The first-order chi connectivity index (χ1) is 7.99. The summed E-state index contributed by atoms with van der Waals surface area (Å²) in [5, 5.41) is 5.03. The molecular weight excluding hydrogens is 282 g/mol. The molecular formula is C12H20BrN3O. The molecule has 1 rings (SSSR count). The van der Waals surface area contributed by atoms with Crippen LogP contribution in [0.1, 0.15) is 36.3 Å². The summed E-state index contributed by atoms with van der Waals surface area (Å²) >= 11 is 3.40. The van der Waals surface area contributed by atoms with Gasteiger partial charge in [0.05, 0.1) is 11.8 Å². The highest BCUT2D eigenvalue weighted by Gasteiger charge is 2.21. The van der Waals surface area contributed by atoms with E-state index in [0.717, 1.165) is 24.0 Å². The van der Waals surface area contributed by atoms with Crippen LogP contribution in [0.3, 0.4) is 0 Å². The number of amides is 1. The molecule has 96 valence electrons. The van der Waals surface area contributed by atoms with E-state index < -0.39 is 0 Å². The Bertz CT molecular complexity index is 387. The molecule has 0 spiro atoms. The Morgan fingerprint density at radius 1 is 1.59 bits per heavy atom. The van der Waals surface area contributed by atoms with Gasteiger partial charge in [-0.15, -0.1) is 0 Å². The van der Waals surface area contributed by atoms with Crippen molar-refractivity contribution in [1.82, 2.24) is 14.7 Å². The lowest BCUT2D eigenvalue weighted by Gasteiger charge is -2.26. The summed E-state index contributed by atoms with van der Waals surface area (Å²) in [7, 11) is 1.85. The van der Waals surface area contributed by atoms with Crippen LogP contribution >= 0.6 is 15.9 Å². The minimum atomic E-state index is 0.0755. The van der Waals surface area contributed by atoms with Gasteiger partial charge in [-0.25, -0.2) is 0 Å². The third-order valence-electron chi connectivity index (χ3n) is 2.88. The zero-order valence-electron chi connectivity index (χ0n) is 10.9. The molecule has 0 bridgehead atoms. The fraction of sp³-hybridized carbons (Fsp3) is 0.667. The first-order valence-corrected chi connectivity index (χ1v) is 6.96. The number of aromatic nitrogens is 2. The molecule has 1 amide bonds. The molecule has 0 aliphatic heterocycles. The van der Waals surface area contributed by atoms with Crippen molar-refractivity contribution in [2.45, 2.75) is 33.2 Å². The molecule has 4 nitrogen and oxygen atoms in total. The summed E-state index contributed by atoms with van der Waals surface area (Å²) in [6, 6.07) is 0.209. The van der Waals surface area contributed by atoms with Crippen LogP contribution in [-0.4, -0.2) is 38.5 Å². The van der Waals surface area contributed by atoms with Crippen LogP contribution in [0.5, 0.6) is 0 Å². The fourth-order valence-electron chi connectivity index (χ4n) is 1.69. The minimum absolute atomic E-state index is 0.0755. The van der Waals surface area contributed by atoms with Crippen molar-refractivity contribution in [1.29, 1.82) is 0 Å². The van der Waals surface area contributed by atoms with E-state index in [9.17, 15) is 4.79 Å². The Kier molecular flexibility index (Phi) is 5.18. The van der Waals surface area contributed by atoms with Gasteiger partial charge in [0.1, 0.15) is 0 Å². The van der Waals surface area contributed by atoms with E-state index in [1.807, 2.05) is 32.7 Å². The smallest absolute Gasteiger partial charge is 0.257 e. The van der Waals surface area contributed by atoms with Crippen LogP contribution in [-0.2, 0) is 7.05 Å². The second-order valence-electron chi connectivity index (χ2n) is 4.40. The van der Waals surface area contributed by atoms with Crippen molar-refractivity contribution in [2.75, 3.05) is 11.9 Å². The molecule has 1 aromatic heterocycles. The quantitative estimate of drug-likeness (QED) is 0.783. The van der Waals surface area contributed by atoms with E-state index >= 15 is 0 Å². The van der Waals surface area contributed by atoms with Crippen LogP contribution < -0.4 is 0 Å². The van der Waals surface area contributed by atoms with Crippen LogP contribution in [0.25, 0.3) is 0 Å². The number of rotatable bonds is 5. The number of carbonyl (C=O) groups is 1. The second-order valence-corrected chi connectivity index (χ2v) is 5.20. The molecule has 17 heavy (non-hydrogen) atoms. The standard InChI is InChI=1S/C12H20BrN3O/c1-9(2)16(7-5-6-13)12(17)11-8-14-15(4)10(11)3/h8-9H,5-7H2,1-4H3. The second kappa shape index (κ2) is 6.19. The average Bonchev–Trinajstić information content (AvgIpc) is 2.59. The van der Waals surface area contributed by atoms with E-state index in [1.165, 1.54) is 0 Å². The molecule has 5 heteroatoms. The third kappa shape index (κ3) is 3.31. The number of hydrogen-bond donors (Lipinski definition) is 0. The molecule has 0 saturated heterocycles. The molecule has 1 heterocycles. The minimum Gasteiger partial charge on any atom is -0.336 e. The molecule has 0 aromatic carbocycles. The molecule has 0 aliphatic carbocycles. The highest BCUT2D eigenvalue weighted by atomic mass is 79.9. The van der Waals surface area contributed by atoms with Gasteiger partial charge in [-0.1, -0.05) is 15.9 Å². The van der Waals surface area contributed by atoms with E-state index in [0.29, 0.717) is 5.56 Å². The largest absolute Gasteiger partial charge is 0.336 e. The molecule has 0 saturated carbocycles. The molecule has 0 fully saturated rings. The van der Waals surface area contributed by atoms with Crippen LogP contribution in [0.2, 0.25) is 0 Å². The predicted molar refractivity (Wildman–Crippen MR) is 72.5 cm³/mol. The monoisotopic (exact) mass is 301 g/mol. The first-order valence-electron chi connectivity index (χ1n) is 5.84. The zero-order valence-corrected chi connectivity index (χ0v) is 12.5. The van der Waals surface area contributed by atoms with Crippen molar-refractivity contribution in [3.05, 3.63) is 17.5 Å². The maximum absolute atomic E-state index is 12.4. The molecule has 0 radical (unpaired) electrons. The summed E-state index contributed by atoms with van der Waals surface area (Å²) in [6.45, 7) is 6.77. The maximum atomic E-state index is 12.4. The van der Waals surface area contributed by atoms with Gasteiger partial charge in [-0.05, 0) is 27.2 Å². The zero-order chi connectivity index (χ0) is 13.0. The Morgan fingerprint density at radius 2 is 2.24 bits per heavy atom. The lowest BCUT2D eigenvalue weighted by atomic mass is 10.2. The van der Waals surface area contributed by atoms with Crippen LogP contribution in [0.15, 0.2) is 6.20 Å². The van der Waals surface area contributed by atoms with Gasteiger partial charge in [0.25, 0.3) is 5.91 Å². The van der Waals surface area contributed by atoms with Gasteiger partial charge in [0.15, 0.2) is 0 Å². The molecule has 0 unspecified atom stereocenters. The van der Waals surface area contributed by atoms with Crippen molar-refractivity contribution >= 4 is 21.8 Å². The van der Waals surface area contributed by atoms with Crippen molar-refractivity contribution in [3.63, 3.8) is 0 Å². The van der Waals surface area contributed by atoms with Crippen molar-refractivity contribution in [3.8, 4) is 0 Å². The van der Waals surface area contributed by atoms with Gasteiger partial charge < -0.3 is 4.90 Å². The summed E-state index contributed by atoms with van der Waals surface area (Å²) < 4.78 is 1.73. The van der Waals surface area contributed by atoms with E-state index in [1.54, 1.807) is 10.9 Å². The summed E-state index contributed by atoms with van der Waals surface area (Å²) in [5.41, 5.74) is 1.62. The SMILES string of the molecule is Cc1c(C(=O)N(CCCBr)C(C)C)cnn1C. The first kappa shape index (κ1) is 14.2. The lowest BCUT2D eigenvalue weighted by molar-refractivity contribution is 0.0706. The van der Waals surface area contributed by atoms with Crippen molar-refractivity contribution < 1.29 is 4.79 Å². The average molecular weight is 302 g/mol. The van der Waals surface area contributed by atoms with E-state index in [2.05, 4.69) is 21.0 Å². The summed E-state index contributed by atoms with van der Waals surface area (Å²) in [5.74, 6) is 0.0755. The highest BCUT2D eigenvalue weighted by molar-refractivity contribution is 9.09. The van der Waals surface area contributed by atoms with E-state index in [4.69, 9.17) is 0 Å². The van der Waals surface area contributed by atoms with Gasteiger partial charge in [-0.2, -0.15) is 5.10 Å². The Labute approximate surface area is 111 Å². The number of carbonyl (C=O) groups excluding carboxylic acids is 1. The van der Waals surface area contributed by atoms with Crippen LogP contribution in [0.4, 0.5) is 0 Å². The van der Waals surface area contributed by atoms with Crippen LogP contribution in [0, 0.1) is 6.92 Å². The fourth-order valence-corrected chi connectivity index (χ4v) is 1.94. The van der Waals surface area contributed by atoms with Crippen molar-refractivity contribution in [2.24, 2.45) is 7.05 Å². The normalized spacial score (nSPS) is 10.9. The van der Waals surface area contributed by atoms with Gasteiger partial charge in [0.2, 0.25) is 0 Å². The van der Waals surface area contributed by atoms with Gasteiger partial charge in [-0.3, -0.25) is 9.48 Å². The number of halogens is 1. The number of nitrogens with zero attached hydrogens (tertiary/aromatic N) is 3. The third-order valence-corrected chi connectivity index (χ3v) is 3.44. The maximum Gasteiger partial charge on any atom is 0.257 e. The number of aryl methyl sites for hydroxylation is 1. The molecule has 0 N–H and O–H groups in total. The topological polar surface area (TPSA) is 38.1 Å². The van der Waals surface area contributed by atoms with Gasteiger partial charge in [0, 0.05) is 30.7 Å². The Morgan fingerprint density at radius 3 is 2.65 bits per heavy atom. The number of alkyl halides is 1.